The predicted octanol–water partition coefficient (Wildman–Crippen LogP) is 6.70. The number of hydrogen-bond donors (Lipinski definition) is 1. The summed E-state index contributed by atoms with van der Waals surface area (Å²) >= 11 is 0. The minimum Gasteiger partial charge on any atom is -0.497 e. The quantitative estimate of drug-likeness (QED) is 0.200. The molecule has 1 N–H and O–H groups in total. The Morgan fingerprint density at radius 3 is 2.47 bits per heavy atom. The highest BCUT2D eigenvalue weighted by molar-refractivity contribution is 7.91. The molecule has 14 heteroatoms. The van der Waals surface area contributed by atoms with Crippen LogP contribution in [0.3, 0.4) is 0 Å². The Bertz CT molecular complexity index is 2050. The lowest BCUT2D eigenvalue weighted by atomic mass is 9.82. The van der Waals surface area contributed by atoms with Crippen LogP contribution in [0.1, 0.15) is 113 Å². The third-order valence-corrected chi connectivity index (χ3v) is 14.4. The smallest absolute Gasteiger partial charge is 0.307 e. The molecule has 1 aromatic carbocycles. The second-order valence-corrected chi connectivity index (χ2v) is 20.9. The summed E-state index contributed by atoms with van der Waals surface area (Å²) < 4.78 is 51.7. The van der Waals surface area contributed by atoms with E-state index in [0.29, 0.717) is 49.1 Å². The normalized spacial score (nSPS) is 29.4. The number of benzene rings is 1. The maximum absolute atomic E-state index is 15.0. The first-order valence-electron chi connectivity index (χ1n) is 20.7. The number of sulfonamides is 1. The summed E-state index contributed by atoms with van der Waals surface area (Å²) in [6, 6.07) is 6.27. The summed E-state index contributed by atoms with van der Waals surface area (Å²) in [4.78, 5) is 63.4. The number of nitrogens with zero attached hydrogens (tertiary/aromatic N) is 2. The van der Waals surface area contributed by atoms with E-state index in [1.54, 1.807) is 46.9 Å². The first-order valence-corrected chi connectivity index (χ1v) is 22.2. The van der Waals surface area contributed by atoms with Crippen LogP contribution < -0.4 is 18.9 Å². The standard InChI is InChI=1S/C44H61N3O10S/c1-26(2)55-37-20-29-19-31(54-9)14-15-33(29)39(45-37)56-32-21-35-36(48)24-44(41(51)46-58(52,53)43(8)16-17-43)23-30(44)13-11-10-12-27(3)18-28(4)34(40(50)47(35)25-32)22-38(49)57-42(5,6)7/h11,13-15,19-20,26-28,30,32,34-35H,10,12,16-18,21-25H2,1-9H3,(H,46,51)/b13-11-/t27-,28+,30+,32+,34-,35-,44+/m0/s1. The molecule has 1 aromatic heterocycles. The number of amides is 2. The molecule has 13 nitrogen and oxygen atoms in total. The average molecular weight is 824 g/mol. The van der Waals surface area contributed by atoms with Gasteiger partial charge in [0.1, 0.15) is 17.5 Å². The Kier molecular flexibility index (Phi) is 12.3. The van der Waals surface area contributed by atoms with Crippen molar-refractivity contribution in [3.63, 3.8) is 0 Å². The Labute approximate surface area is 343 Å². The monoisotopic (exact) mass is 823 g/mol. The van der Waals surface area contributed by atoms with E-state index in [1.807, 2.05) is 45.1 Å². The summed E-state index contributed by atoms with van der Waals surface area (Å²) in [7, 11) is -2.39. The minimum atomic E-state index is -3.97. The molecule has 2 aliphatic carbocycles. The molecule has 2 aromatic rings. The lowest BCUT2D eigenvalue weighted by Crippen LogP contribution is -2.48. The number of esters is 1. The van der Waals surface area contributed by atoms with Gasteiger partial charge in [-0.05, 0) is 121 Å². The number of nitrogens with one attached hydrogen (secondary N) is 1. The highest BCUT2D eigenvalue weighted by Crippen LogP contribution is 2.58. The number of hydrogen-bond acceptors (Lipinski definition) is 11. The molecule has 0 spiro atoms. The van der Waals surface area contributed by atoms with Gasteiger partial charge in [-0.15, -0.1) is 0 Å². The summed E-state index contributed by atoms with van der Waals surface area (Å²) in [5, 5.41) is 1.44. The summed E-state index contributed by atoms with van der Waals surface area (Å²) in [5.41, 5.74) is -2.05. The van der Waals surface area contributed by atoms with Crippen molar-refractivity contribution in [3.8, 4) is 17.5 Å². The van der Waals surface area contributed by atoms with Crippen molar-refractivity contribution in [1.29, 1.82) is 0 Å². The van der Waals surface area contributed by atoms with Crippen LogP contribution in [0, 0.1) is 29.1 Å². The Morgan fingerprint density at radius 2 is 1.81 bits per heavy atom. The van der Waals surface area contributed by atoms with Gasteiger partial charge in [0.2, 0.25) is 33.6 Å². The molecule has 2 amide bonds. The highest BCUT2D eigenvalue weighted by atomic mass is 32.2. The molecule has 2 aliphatic heterocycles. The van der Waals surface area contributed by atoms with Crippen molar-refractivity contribution in [1.82, 2.24) is 14.6 Å². The van der Waals surface area contributed by atoms with Crippen LogP contribution in [-0.2, 0) is 33.9 Å². The van der Waals surface area contributed by atoms with Gasteiger partial charge in [0.15, 0.2) is 5.78 Å². The van der Waals surface area contributed by atoms with E-state index in [0.717, 1.165) is 11.8 Å². The molecule has 7 atom stereocenters. The van der Waals surface area contributed by atoms with Crippen molar-refractivity contribution in [3.05, 3.63) is 36.4 Å². The number of carbonyl (C=O) groups excluding carboxylic acids is 4. The molecule has 0 unspecified atom stereocenters. The van der Waals surface area contributed by atoms with E-state index >= 15 is 0 Å². The molecule has 3 heterocycles. The fourth-order valence-electron chi connectivity index (χ4n) is 8.51. The molecule has 58 heavy (non-hydrogen) atoms. The van der Waals surface area contributed by atoms with Crippen LogP contribution in [0.2, 0.25) is 0 Å². The van der Waals surface area contributed by atoms with Gasteiger partial charge in [0, 0.05) is 24.3 Å². The molecule has 2 saturated carbocycles. The van der Waals surface area contributed by atoms with E-state index in [4.69, 9.17) is 23.9 Å². The topological polar surface area (TPSA) is 167 Å². The van der Waals surface area contributed by atoms with Gasteiger partial charge in [-0.1, -0.05) is 26.0 Å². The van der Waals surface area contributed by atoms with Crippen LogP contribution in [0.5, 0.6) is 17.5 Å². The third-order valence-electron chi connectivity index (χ3n) is 12.2. The number of methoxy groups -OCH3 is 1. The first-order chi connectivity index (χ1) is 27.1. The van der Waals surface area contributed by atoms with E-state index in [1.165, 1.54) is 4.90 Å². The molecule has 1 saturated heterocycles. The lowest BCUT2D eigenvalue weighted by Gasteiger charge is -2.32. The van der Waals surface area contributed by atoms with Crippen LogP contribution >= 0.6 is 0 Å². The fourth-order valence-corrected chi connectivity index (χ4v) is 9.84. The van der Waals surface area contributed by atoms with Crippen LogP contribution in [0.15, 0.2) is 36.4 Å². The number of ketones is 1. The zero-order chi connectivity index (χ0) is 42.4. The maximum Gasteiger partial charge on any atom is 0.307 e. The van der Waals surface area contributed by atoms with E-state index in [-0.39, 0.29) is 67.2 Å². The second-order valence-electron chi connectivity index (χ2n) is 18.7. The van der Waals surface area contributed by atoms with E-state index in [9.17, 15) is 27.6 Å². The molecular formula is C44H61N3O10S. The molecule has 6 rings (SSSR count). The number of pyridine rings is 1. The molecule has 0 bridgehead atoms. The number of rotatable bonds is 10. The van der Waals surface area contributed by atoms with Crippen molar-refractivity contribution >= 4 is 44.4 Å². The SMILES string of the molecule is COc1ccc2c(O[C@@H]3C[C@H]4C(=O)C[C@]5(C(=O)NS(=O)(=O)C6(C)CC6)C[C@H]5/C=C\CC[C@H](C)C[C@@H](C)[C@H](CC(=O)OC(C)(C)C)C(=O)N4C3)nc(OC(C)C)cc2c1. The molecule has 0 radical (unpaired) electrons. The number of fused-ring (bicyclic) bond motifs is 3. The largest absolute Gasteiger partial charge is 0.497 e. The number of aromatic nitrogens is 1. The van der Waals surface area contributed by atoms with Gasteiger partial charge < -0.3 is 23.8 Å². The van der Waals surface area contributed by atoms with Gasteiger partial charge >= 0.3 is 5.97 Å². The van der Waals surface area contributed by atoms with Gasteiger partial charge in [-0.3, -0.25) is 23.9 Å². The Balaban J connectivity index is 1.37. The van der Waals surface area contributed by atoms with Crippen molar-refractivity contribution < 1.29 is 46.5 Å². The zero-order valence-corrected chi connectivity index (χ0v) is 36.3. The van der Waals surface area contributed by atoms with Crippen LogP contribution in [-0.4, -0.2) is 84.1 Å². The minimum absolute atomic E-state index is 0.0200. The van der Waals surface area contributed by atoms with E-state index in [2.05, 4.69) is 11.6 Å². The number of Topliss-reactive ketones (excluding diaryl/α,β-unsaturated/α-hetero) is 1. The van der Waals surface area contributed by atoms with Crippen LogP contribution in [0.4, 0.5) is 0 Å². The van der Waals surface area contributed by atoms with Gasteiger partial charge in [-0.2, -0.15) is 4.98 Å². The molecule has 4 aliphatic rings. The predicted molar refractivity (Wildman–Crippen MR) is 219 cm³/mol. The van der Waals surface area contributed by atoms with Gasteiger partial charge in [0.05, 0.1) is 48.3 Å². The average Bonchev–Trinajstić information content (AvgIpc) is 4.00. The summed E-state index contributed by atoms with van der Waals surface area (Å²) in [6.07, 6.45) is 6.15. The van der Waals surface area contributed by atoms with Crippen molar-refractivity contribution in [2.24, 2.45) is 29.1 Å². The molecule has 3 fully saturated rings. The molecule has 318 valence electrons. The van der Waals surface area contributed by atoms with Crippen LogP contribution in [0.25, 0.3) is 10.8 Å². The number of ether oxygens (including phenoxy) is 4. The van der Waals surface area contributed by atoms with Gasteiger partial charge in [0.25, 0.3) is 0 Å². The van der Waals surface area contributed by atoms with Gasteiger partial charge in [-0.25, -0.2) is 8.42 Å². The summed E-state index contributed by atoms with van der Waals surface area (Å²) in [5.74, 6) is -1.86. The Morgan fingerprint density at radius 1 is 1.09 bits per heavy atom. The van der Waals surface area contributed by atoms with E-state index < -0.39 is 55.7 Å². The maximum atomic E-state index is 15.0. The first kappa shape index (κ1) is 43.4. The number of allylic oxidation sites excluding steroid dienone is 2. The lowest BCUT2D eigenvalue weighted by molar-refractivity contribution is -0.160. The number of carbonyl (C=O) groups is 4. The molecular weight excluding hydrogens is 763 g/mol. The fraction of sp³-hybridized carbons (Fsp3) is 0.659. The third kappa shape index (κ3) is 9.63. The Hall–Kier alpha value is -4.20. The zero-order valence-electron chi connectivity index (χ0n) is 35.5. The van der Waals surface area contributed by atoms with Crippen molar-refractivity contribution in [2.45, 2.75) is 142 Å². The van der Waals surface area contributed by atoms with Crippen molar-refractivity contribution in [2.75, 3.05) is 13.7 Å². The summed E-state index contributed by atoms with van der Waals surface area (Å²) in [6.45, 7) is 14.8. The highest BCUT2D eigenvalue weighted by Gasteiger charge is 2.62. The second kappa shape index (κ2) is 16.5.